The molecule has 2 rings (SSSR count). The fourth-order valence-corrected chi connectivity index (χ4v) is 1.99. The quantitative estimate of drug-likeness (QED) is 0.600. The molecule has 0 aliphatic carbocycles. The number of benzene rings is 1. The number of hydrogen-bond donors (Lipinski definition) is 0. The van der Waals surface area contributed by atoms with E-state index in [0.717, 1.165) is 5.06 Å². The van der Waals surface area contributed by atoms with Crippen LogP contribution >= 0.6 is 0 Å². The van der Waals surface area contributed by atoms with Crippen molar-refractivity contribution in [2.45, 2.75) is 12.7 Å². The Morgan fingerprint density at radius 1 is 1.35 bits per heavy atom. The van der Waals surface area contributed by atoms with E-state index in [1.54, 1.807) is 12.1 Å². The Hall–Kier alpha value is -3.06. The summed E-state index contributed by atoms with van der Waals surface area (Å²) in [4.78, 5) is 21.8. The standard InChI is InChI=1S/C16H15F3N4O3/c1-4-9-22(2)15(24)23(25-3)10-11-5-7-12(8-6-11)13-20-14(26-21-13)16(17,18)19/h1,5-8H,9-10H2,2-3H3. The fraction of sp³-hybridized carbons (Fsp3) is 0.312. The first-order chi connectivity index (χ1) is 12.3. The summed E-state index contributed by atoms with van der Waals surface area (Å²) in [6.45, 7) is 0.238. The smallest absolute Gasteiger partial charge is 0.329 e. The average molecular weight is 368 g/mol. The van der Waals surface area contributed by atoms with Crippen LogP contribution in [0.1, 0.15) is 11.5 Å². The van der Waals surface area contributed by atoms with Crippen molar-refractivity contribution in [3.8, 4) is 23.7 Å². The molecule has 0 saturated carbocycles. The second kappa shape index (κ2) is 7.88. The van der Waals surface area contributed by atoms with Crippen molar-refractivity contribution in [3.63, 3.8) is 0 Å². The van der Waals surface area contributed by atoms with E-state index >= 15 is 0 Å². The van der Waals surface area contributed by atoms with Crippen LogP contribution in [0.4, 0.5) is 18.0 Å². The van der Waals surface area contributed by atoms with E-state index in [4.69, 9.17) is 11.3 Å². The Kier molecular flexibility index (Phi) is 5.84. The van der Waals surface area contributed by atoms with Crippen LogP contribution in [0.2, 0.25) is 0 Å². The predicted molar refractivity (Wildman–Crippen MR) is 84.1 cm³/mol. The van der Waals surface area contributed by atoms with Gasteiger partial charge in [-0.2, -0.15) is 23.2 Å². The number of hydroxylamine groups is 2. The predicted octanol–water partition coefficient (Wildman–Crippen LogP) is 2.80. The van der Waals surface area contributed by atoms with E-state index in [-0.39, 0.29) is 18.9 Å². The molecule has 0 bridgehead atoms. The van der Waals surface area contributed by atoms with Crippen molar-refractivity contribution in [2.24, 2.45) is 0 Å². The molecule has 1 heterocycles. The molecule has 1 aromatic carbocycles. The van der Waals surface area contributed by atoms with Gasteiger partial charge in [0.1, 0.15) is 0 Å². The Morgan fingerprint density at radius 2 is 2.00 bits per heavy atom. The van der Waals surface area contributed by atoms with Gasteiger partial charge in [-0.15, -0.1) is 6.42 Å². The van der Waals surface area contributed by atoms with Gasteiger partial charge in [0.05, 0.1) is 20.2 Å². The molecule has 0 fully saturated rings. The van der Waals surface area contributed by atoms with Crippen molar-refractivity contribution < 1.29 is 27.3 Å². The molecule has 0 spiro atoms. The zero-order valence-corrected chi connectivity index (χ0v) is 13.9. The zero-order valence-electron chi connectivity index (χ0n) is 13.9. The van der Waals surface area contributed by atoms with Crippen LogP contribution in [0.15, 0.2) is 28.8 Å². The molecule has 0 radical (unpaired) electrons. The topological polar surface area (TPSA) is 71.7 Å². The third kappa shape index (κ3) is 4.52. The monoisotopic (exact) mass is 368 g/mol. The molecule has 0 N–H and O–H groups in total. The molecule has 0 atom stereocenters. The molecule has 2 aromatic rings. The number of amides is 2. The van der Waals surface area contributed by atoms with Crippen molar-refractivity contribution in [2.75, 3.05) is 20.7 Å². The highest BCUT2D eigenvalue weighted by Crippen LogP contribution is 2.29. The average Bonchev–Trinajstić information content (AvgIpc) is 3.10. The number of nitrogens with zero attached hydrogens (tertiary/aromatic N) is 4. The van der Waals surface area contributed by atoms with Crippen LogP contribution in [0.5, 0.6) is 0 Å². The molecule has 1 aromatic heterocycles. The summed E-state index contributed by atoms with van der Waals surface area (Å²) in [6, 6.07) is 5.83. The van der Waals surface area contributed by atoms with Gasteiger partial charge in [0.2, 0.25) is 5.82 Å². The summed E-state index contributed by atoms with van der Waals surface area (Å²) in [5, 5.41) is 4.41. The number of urea groups is 1. The van der Waals surface area contributed by atoms with Gasteiger partial charge in [-0.25, -0.2) is 4.79 Å². The van der Waals surface area contributed by atoms with E-state index in [1.807, 2.05) is 0 Å². The van der Waals surface area contributed by atoms with Crippen molar-refractivity contribution in [1.29, 1.82) is 0 Å². The SMILES string of the molecule is C#CCN(C)C(=O)N(Cc1ccc(-c2noc(C(F)(F)F)n2)cc1)OC. The van der Waals surface area contributed by atoms with E-state index in [9.17, 15) is 18.0 Å². The highest BCUT2D eigenvalue weighted by molar-refractivity contribution is 5.73. The van der Waals surface area contributed by atoms with Crippen LogP contribution < -0.4 is 0 Å². The van der Waals surface area contributed by atoms with Crippen LogP contribution in [-0.2, 0) is 17.6 Å². The van der Waals surface area contributed by atoms with Crippen LogP contribution in [0, 0.1) is 12.3 Å². The molecule has 0 unspecified atom stereocenters. The molecular formula is C16H15F3N4O3. The molecule has 2 amide bonds. The van der Waals surface area contributed by atoms with Crippen molar-refractivity contribution in [1.82, 2.24) is 20.1 Å². The number of terminal acetylenes is 1. The Morgan fingerprint density at radius 3 is 2.50 bits per heavy atom. The minimum Gasteiger partial charge on any atom is -0.329 e. The molecule has 26 heavy (non-hydrogen) atoms. The lowest BCUT2D eigenvalue weighted by Gasteiger charge is -2.24. The van der Waals surface area contributed by atoms with Crippen LogP contribution in [-0.4, -0.2) is 46.8 Å². The van der Waals surface area contributed by atoms with Gasteiger partial charge in [0, 0.05) is 12.6 Å². The Balaban J connectivity index is 2.10. The number of rotatable bonds is 5. The van der Waals surface area contributed by atoms with E-state index in [1.165, 1.54) is 31.2 Å². The lowest BCUT2D eigenvalue weighted by atomic mass is 10.1. The van der Waals surface area contributed by atoms with E-state index in [2.05, 4.69) is 20.6 Å². The summed E-state index contributed by atoms with van der Waals surface area (Å²) in [5.41, 5.74) is 1.02. The number of carbonyl (C=O) groups excluding carboxylic acids is 1. The first-order valence-corrected chi connectivity index (χ1v) is 7.26. The third-order valence-electron chi connectivity index (χ3n) is 3.30. The van der Waals surface area contributed by atoms with Gasteiger partial charge in [-0.1, -0.05) is 35.3 Å². The first kappa shape index (κ1) is 19.3. The lowest BCUT2D eigenvalue weighted by molar-refractivity contribution is -0.159. The van der Waals surface area contributed by atoms with E-state index < -0.39 is 18.1 Å². The highest BCUT2D eigenvalue weighted by Gasteiger charge is 2.38. The van der Waals surface area contributed by atoms with Gasteiger partial charge in [0.15, 0.2) is 0 Å². The number of hydrogen-bond acceptors (Lipinski definition) is 5. The normalized spacial score (nSPS) is 11.1. The summed E-state index contributed by atoms with van der Waals surface area (Å²) in [5.74, 6) is 0.754. The molecular weight excluding hydrogens is 353 g/mol. The third-order valence-corrected chi connectivity index (χ3v) is 3.30. The van der Waals surface area contributed by atoms with Crippen molar-refractivity contribution >= 4 is 6.03 Å². The summed E-state index contributed by atoms with van der Waals surface area (Å²) >= 11 is 0. The number of aromatic nitrogens is 2. The summed E-state index contributed by atoms with van der Waals surface area (Å²) in [6.07, 6.45) is 0.469. The Bertz CT molecular complexity index is 796. The number of alkyl halides is 3. The minimum absolute atomic E-state index is 0.116. The van der Waals surface area contributed by atoms with Gasteiger partial charge in [-0.05, 0) is 5.56 Å². The van der Waals surface area contributed by atoms with E-state index in [0.29, 0.717) is 11.1 Å². The fourth-order valence-electron chi connectivity index (χ4n) is 1.99. The lowest BCUT2D eigenvalue weighted by Crippen LogP contribution is -2.40. The highest BCUT2D eigenvalue weighted by atomic mass is 19.4. The summed E-state index contributed by atoms with van der Waals surface area (Å²) in [7, 11) is 2.87. The molecule has 0 aliphatic heterocycles. The van der Waals surface area contributed by atoms with Crippen LogP contribution in [0.3, 0.4) is 0 Å². The molecule has 0 saturated heterocycles. The van der Waals surface area contributed by atoms with Gasteiger partial charge in [0.25, 0.3) is 0 Å². The molecule has 0 aliphatic rings. The second-order valence-electron chi connectivity index (χ2n) is 5.18. The largest absolute Gasteiger partial charge is 0.471 e. The van der Waals surface area contributed by atoms with Gasteiger partial charge >= 0.3 is 18.1 Å². The number of halogens is 3. The maximum Gasteiger partial charge on any atom is 0.471 e. The van der Waals surface area contributed by atoms with Crippen molar-refractivity contribution in [3.05, 3.63) is 35.7 Å². The minimum atomic E-state index is -4.70. The second-order valence-corrected chi connectivity index (χ2v) is 5.18. The molecule has 138 valence electrons. The Labute approximate surface area is 147 Å². The number of carbonyl (C=O) groups is 1. The molecule has 7 nitrogen and oxygen atoms in total. The summed E-state index contributed by atoms with van der Waals surface area (Å²) < 4.78 is 41.7. The van der Waals surface area contributed by atoms with Crippen LogP contribution in [0.25, 0.3) is 11.4 Å². The van der Waals surface area contributed by atoms with Gasteiger partial charge < -0.3 is 9.42 Å². The first-order valence-electron chi connectivity index (χ1n) is 7.26. The zero-order chi connectivity index (χ0) is 19.3. The maximum absolute atomic E-state index is 12.5. The maximum atomic E-state index is 12.5. The van der Waals surface area contributed by atoms with Gasteiger partial charge in [-0.3, -0.25) is 4.84 Å². The molecule has 10 heteroatoms.